The molecule has 5 heteroatoms. The van der Waals surface area contributed by atoms with Gasteiger partial charge in [-0.1, -0.05) is 345 Å². The largest absolute Gasteiger partial charge is 0.311 e. The van der Waals surface area contributed by atoms with Crippen LogP contribution in [0.1, 0.15) is 237 Å². The molecule has 4 heterocycles. The highest BCUT2D eigenvalue weighted by atomic mass is 15.2. The van der Waals surface area contributed by atoms with Crippen molar-refractivity contribution in [2.24, 2.45) is 0 Å². The van der Waals surface area contributed by atoms with Crippen LogP contribution in [0, 0.1) is 0 Å². The molecule has 0 bridgehead atoms. The van der Waals surface area contributed by atoms with Gasteiger partial charge in [0.25, 0.3) is 6.71 Å². The van der Waals surface area contributed by atoms with E-state index in [1.807, 2.05) is 0 Å². The molecule has 2 aliphatic heterocycles. The van der Waals surface area contributed by atoms with Gasteiger partial charge in [-0.05, 0) is 246 Å². The molecule has 0 atom stereocenters. The van der Waals surface area contributed by atoms with Gasteiger partial charge in [-0.25, -0.2) is 0 Å². The average molecular weight is 1560 g/mol. The van der Waals surface area contributed by atoms with Crippen LogP contribution < -0.4 is 26.2 Å². The van der Waals surface area contributed by atoms with Gasteiger partial charge in [-0.3, -0.25) is 0 Å². The lowest BCUT2D eigenvalue weighted by Crippen LogP contribution is -2.61. The Morgan fingerprint density at radius 3 is 0.765 bits per heavy atom. The molecule has 0 unspecified atom stereocenters. The van der Waals surface area contributed by atoms with E-state index < -0.39 is 0 Å². The second kappa shape index (κ2) is 27.9. The standard InChI is InChI=1S/C114H123BN4/c1-106(2,3)76-40-34-70(35-41-76)72-38-50-87(74-30-28-32-78(58-74)108(7,8)9)99(60-72)118-101-68-85(116-95-54-44-80(110(13,14)15)62-89(95)90-63-81(111(16,17)18)45-55-96(90)116)48-52-93(101)115-94-53-49-86(117-97-56-46-82(112(19,20)21)64-91(97)92-65-83(113(22,23)24)47-57-98(92)117)69-102(94)119(104-67-84(114(25,26)27)66-103(118)105(104)115)100-61-73(71-36-42-77(43-37-71)107(4,5)6)39-51-88(100)75-31-29-33-79(59-75)109(10,11)12/h28-69H,1-27H3. The van der Waals surface area contributed by atoms with Crippen LogP contribution in [0.4, 0.5) is 34.1 Å². The monoisotopic (exact) mass is 1560 g/mol. The maximum Gasteiger partial charge on any atom is 0.252 e. The molecule has 0 fully saturated rings. The Bertz CT molecular complexity index is 6050. The Hall–Kier alpha value is -10.9. The van der Waals surface area contributed by atoms with Gasteiger partial charge in [-0.15, -0.1) is 0 Å². The number of nitrogens with zero attached hydrogens (tertiary/aromatic N) is 4. The second-order valence-electron chi connectivity index (χ2n) is 44.1. The Labute approximate surface area is 711 Å². The molecule has 2 aliphatic rings. The fourth-order valence-corrected chi connectivity index (χ4v) is 18.6. The van der Waals surface area contributed by atoms with Gasteiger partial charge in [0.15, 0.2) is 0 Å². The summed E-state index contributed by atoms with van der Waals surface area (Å²) >= 11 is 0. The molecule has 0 spiro atoms. The summed E-state index contributed by atoms with van der Waals surface area (Å²) in [7, 11) is 0. The Balaban J connectivity index is 1.04. The van der Waals surface area contributed by atoms with Gasteiger partial charge < -0.3 is 18.9 Å². The summed E-state index contributed by atoms with van der Waals surface area (Å²) in [5.74, 6) is 0. The van der Waals surface area contributed by atoms with Crippen LogP contribution in [-0.4, -0.2) is 15.8 Å². The zero-order valence-electron chi connectivity index (χ0n) is 76.1. The zero-order valence-corrected chi connectivity index (χ0v) is 76.1. The molecule has 2 aromatic heterocycles. The van der Waals surface area contributed by atoms with Gasteiger partial charge >= 0.3 is 0 Å². The van der Waals surface area contributed by atoms with Crippen LogP contribution in [0.5, 0.6) is 0 Å². The van der Waals surface area contributed by atoms with E-state index in [4.69, 9.17) is 0 Å². The summed E-state index contributed by atoms with van der Waals surface area (Å²) in [4.78, 5) is 5.49. The maximum atomic E-state index is 2.74. The first-order valence-electron chi connectivity index (χ1n) is 43.6. The summed E-state index contributed by atoms with van der Waals surface area (Å²) in [5, 5.41) is 5.07. The van der Waals surface area contributed by atoms with Crippen LogP contribution in [0.15, 0.2) is 255 Å². The summed E-state index contributed by atoms with van der Waals surface area (Å²) in [5.41, 5.74) is 37.8. The van der Waals surface area contributed by atoms with Crippen molar-refractivity contribution in [1.82, 2.24) is 9.13 Å². The molecule has 0 saturated heterocycles. The van der Waals surface area contributed by atoms with Gasteiger partial charge in [-0.2, -0.15) is 0 Å². The van der Waals surface area contributed by atoms with Gasteiger partial charge in [0.2, 0.25) is 0 Å². The fourth-order valence-electron chi connectivity index (χ4n) is 18.6. The number of rotatable bonds is 8. The van der Waals surface area contributed by atoms with Gasteiger partial charge in [0, 0.05) is 66.8 Å². The third-order valence-electron chi connectivity index (χ3n) is 26.1. The minimum absolute atomic E-state index is 0.0169. The predicted molar refractivity (Wildman–Crippen MR) is 519 cm³/mol. The van der Waals surface area contributed by atoms with Crippen LogP contribution in [-0.2, 0) is 48.7 Å². The van der Waals surface area contributed by atoms with E-state index in [1.165, 1.54) is 144 Å². The van der Waals surface area contributed by atoms with Crippen molar-refractivity contribution in [3.8, 4) is 55.9 Å². The molecule has 0 radical (unpaired) electrons. The average Bonchev–Trinajstić information content (AvgIpc) is 1.12. The number of anilines is 6. The van der Waals surface area contributed by atoms with Crippen LogP contribution in [0.25, 0.3) is 99.5 Å². The second-order valence-corrected chi connectivity index (χ2v) is 44.1. The molecule has 4 nitrogen and oxygen atoms in total. The van der Waals surface area contributed by atoms with Crippen molar-refractivity contribution in [3.05, 3.63) is 305 Å². The van der Waals surface area contributed by atoms with Crippen molar-refractivity contribution in [1.29, 1.82) is 0 Å². The Morgan fingerprint density at radius 1 is 0.193 bits per heavy atom. The van der Waals surface area contributed by atoms with E-state index >= 15 is 0 Å². The van der Waals surface area contributed by atoms with Crippen LogP contribution in [0.2, 0.25) is 0 Å². The number of hydrogen-bond acceptors (Lipinski definition) is 2. The highest BCUT2D eigenvalue weighted by Gasteiger charge is 2.46. The Kier molecular flexibility index (Phi) is 18.9. The predicted octanol–water partition coefficient (Wildman–Crippen LogP) is 30.3. The molecule has 0 saturated carbocycles. The minimum Gasteiger partial charge on any atom is -0.311 e. The van der Waals surface area contributed by atoms with E-state index in [-0.39, 0.29) is 55.4 Å². The van der Waals surface area contributed by atoms with Crippen LogP contribution in [0.3, 0.4) is 0 Å². The van der Waals surface area contributed by atoms with E-state index in [9.17, 15) is 0 Å². The van der Waals surface area contributed by atoms with Crippen molar-refractivity contribution in [2.75, 3.05) is 9.80 Å². The first kappa shape index (κ1) is 80.5. The lowest BCUT2D eigenvalue weighted by Gasteiger charge is -2.46. The zero-order chi connectivity index (χ0) is 84.9. The molecule has 0 aliphatic carbocycles. The summed E-state index contributed by atoms with van der Waals surface area (Å²) in [6, 6.07) is 102. The number of fused-ring (bicyclic) bond motifs is 10. The van der Waals surface area contributed by atoms with E-state index in [0.717, 1.165) is 56.4 Å². The van der Waals surface area contributed by atoms with Crippen LogP contribution >= 0.6 is 0 Å². The highest BCUT2D eigenvalue weighted by Crippen LogP contribution is 2.54. The molecular formula is C114H123BN4. The number of benzene rings is 13. The Morgan fingerprint density at radius 2 is 0.471 bits per heavy atom. The fraction of sp³-hybridized carbons (Fsp3) is 0.316. The third kappa shape index (κ3) is 14.4. The van der Waals surface area contributed by atoms with E-state index in [0.29, 0.717) is 0 Å². The molecule has 0 amide bonds. The molecule has 0 N–H and O–H groups in total. The maximum absolute atomic E-state index is 2.74. The lowest BCUT2D eigenvalue weighted by molar-refractivity contribution is 0.590. The molecule has 17 rings (SSSR count). The van der Waals surface area contributed by atoms with Crippen molar-refractivity contribution < 1.29 is 0 Å². The number of aromatic nitrogens is 2. The molecule has 15 aromatic rings. The summed E-state index contributed by atoms with van der Waals surface area (Å²) in [6.07, 6.45) is 0. The molecule has 602 valence electrons. The first-order chi connectivity index (χ1) is 55.7. The first-order valence-corrected chi connectivity index (χ1v) is 43.6. The van der Waals surface area contributed by atoms with Crippen molar-refractivity contribution in [3.63, 3.8) is 0 Å². The summed E-state index contributed by atoms with van der Waals surface area (Å²) < 4.78 is 5.16. The molecule has 13 aromatic carbocycles. The third-order valence-corrected chi connectivity index (χ3v) is 26.1. The minimum atomic E-state index is -0.342. The molecular weight excluding hydrogens is 1440 g/mol. The number of hydrogen-bond donors (Lipinski definition) is 0. The smallest absolute Gasteiger partial charge is 0.252 e. The SMILES string of the molecule is CC(C)(C)c1ccc(-c2ccc(-c3cccc(C(C)(C)C)c3)c(N3c4cc(-n5c6ccc(C(C)(C)C)cc6c6cc(C(C)(C)C)ccc65)ccc4B4c5ccc(-n6c7ccc(C(C)(C)C)cc7c7cc(C(C)(C)C)ccc76)cc5N(c5cc(-c6ccc(C(C)(C)C)cc6)ccc5-c5cccc(C(C)(C)C)c5)c5cc(C(C)(C)C)cc3c54)c2)cc1. The van der Waals surface area contributed by atoms with E-state index in [2.05, 4.69) is 461 Å². The normalized spacial score (nSPS) is 13.8. The molecule has 119 heavy (non-hydrogen) atoms. The quantitative estimate of drug-likeness (QED) is 0.141. The highest BCUT2D eigenvalue weighted by molar-refractivity contribution is 7.00. The van der Waals surface area contributed by atoms with Gasteiger partial charge in [0.1, 0.15) is 0 Å². The van der Waals surface area contributed by atoms with Crippen molar-refractivity contribution in [2.45, 2.75) is 236 Å². The summed E-state index contributed by atoms with van der Waals surface area (Å²) in [6.45, 7) is 63.1. The van der Waals surface area contributed by atoms with Crippen molar-refractivity contribution >= 4 is 101 Å². The van der Waals surface area contributed by atoms with Gasteiger partial charge in [0.05, 0.1) is 33.4 Å². The van der Waals surface area contributed by atoms with E-state index in [1.54, 1.807) is 0 Å². The topological polar surface area (TPSA) is 16.3 Å². The lowest BCUT2D eigenvalue weighted by atomic mass is 9.33.